The minimum atomic E-state index is -3.79. The number of amidine groups is 1. The normalized spacial score (nSPS) is 25.3. The lowest BCUT2D eigenvalue weighted by Gasteiger charge is -2.17. The molecular formula is C19H26N4O6S3. The fourth-order valence-electron chi connectivity index (χ4n) is 3.50. The number of aryl methyl sites for hydroxylation is 1. The van der Waals surface area contributed by atoms with Gasteiger partial charge in [-0.25, -0.2) is 16.8 Å². The maximum Gasteiger partial charge on any atom is 0.258 e. The van der Waals surface area contributed by atoms with E-state index < -0.39 is 32.1 Å². The van der Waals surface area contributed by atoms with Crippen LogP contribution in [0.15, 0.2) is 42.6 Å². The maximum absolute atomic E-state index is 12.8. The van der Waals surface area contributed by atoms with E-state index in [2.05, 4.69) is 15.0 Å². The average Bonchev–Trinajstić information content (AvgIpc) is 3.28. The zero-order chi connectivity index (χ0) is 23.3. The molecule has 10 nitrogen and oxygen atoms in total. The van der Waals surface area contributed by atoms with Crippen molar-refractivity contribution in [2.75, 3.05) is 12.8 Å². The molecule has 2 aliphatic heterocycles. The molecule has 1 aromatic rings. The van der Waals surface area contributed by atoms with Gasteiger partial charge in [0.1, 0.15) is 23.3 Å². The Kier molecular flexibility index (Phi) is 6.11. The lowest BCUT2D eigenvalue weighted by atomic mass is 10.2. The lowest BCUT2D eigenvalue weighted by molar-refractivity contribution is 0.364. The Morgan fingerprint density at radius 2 is 2.12 bits per heavy atom. The topological polar surface area (TPSA) is 141 Å². The van der Waals surface area contributed by atoms with Crippen molar-refractivity contribution in [2.45, 2.75) is 51.2 Å². The summed E-state index contributed by atoms with van der Waals surface area (Å²) in [5, 5.41) is 14.6. The molecule has 1 fully saturated rings. The third-order valence-corrected chi connectivity index (χ3v) is 10.2. The van der Waals surface area contributed by atoms with Crippen molar-refractivity contribution in [1.29, 1.82) is 0 Å². The molecule has 13 heteroatoms. The van der Waals surface area contributed by atoms with Crippen molar-refractivity contribution in [1.82, 2.24) is 14.3 Å². The Labute approximate surface area is 191 Å². The zero-order valence-electron chi connectivity index (χ0n) is 17.9. The summed E-state index contributed by atoms with van der Waals surface area (Å²) in [6.45, 7) is 3.72. The van der Waals surface area contributed by atoms with Gasteiger partial charge >= 0.3 is 0 Å². The monoisotopic (exact) mass is 502 g/mol. The molecule has 3 aliphatic rings. The van der Waals surface area contributed by atoms with Crippen LogP contribution in [0, 0.1) is 6.92 Å². The molecule has 176 valence electrons. The smallest absolute Gasteiger partial charge is 0.258 e. The number of aliphatic imine (C=N–C) groups is 1. The first-order valence-corrected chi connectivity index (χ1v) is 14.2. The summed E-state index contributed by atoms with van der Waals surface area (Å²) in [6, 6.07) is 2.40. The molecule has 0 saturated heterocycles. The van der Waals surface area contributed by atoms with Crippen LogP contribution in [0.4, 0.5) is 0 Å². The number of aliphatic hydroxyl groups excluding tert-OH is 1. The lowest BCUT2D eigenvalue weighted by Crippen LogP contribution is -2.36. The van der Waals surface area contributed by atoms with Crippen molar-refractivity contribution in [3.63, 3.8) is 0 Å². The molecule has 0 radical (unpaired) electrons. The largest absolute Gasteiger partial charge is 0.508 e. The molecule has 1 saturated carbocycles. The molecule has 32 heavy (non-hydrogen) atoms. The Balaban J connectivity index is 1.58. The number of aliphatic hydroxyl groups is 1. The number of nitrogens with one attached hydrogen (secondary N) is 2. The highest BCUT2D eigenvalue weighted by molar-refractivity contribution is 8.18. The molecule has 3 heterocycles. The average molecular weight is 503 g/mol. The van der Waals surface area contributed by atoms with E-state index in [4.69, 9.17) is 4.42 Å². The fourth-order valence-corrected chi connectivity index (χ4v) is 7.75. The van der Waals surface area contributed by atoms with Gasteiger partial charge in [-0.05, 0) is 38.3 Å². The van der Waals surface area contributed by atoms with Gasteiger partial charge in [-0.2, -0.15) is 4.31 Å². The summed E-state index contributed by atoms with van der Waals surface area (Å²) in [5.41, 5.74) is 0.165. The zero-order valence-corrected chi connectivity index (χ0v) is 20.3. The van der Waals surface area contributed by atoms with Crippen LogP contribution in [0.3, 0.4) is 0 Å². The first-order valence-electron chi connectivity index (χ1n) is 10.2. The van der Waals surface area contributed by atoms with E-state index in [9.17, 15) is 21.9 Å². The minimum absolute atomic E-state index is 0.0326. The van der Waals surface area contributed by atoms with Crippen LogP contribution in [0.2, 0.25) is 0 Å². The van der Waals surface area contributed by atoms with Crippen LogP contribution >= 0.6 is 11.8 Å². The van der Waals surface area contributed by atoms with Crippen molar-refractivity contribution in [2.24, 2.45) is 4.99 Å². The number of rotatable bonds is 8. The highest BCUT2D eigenvalue weighted by Gasteiger charge is 2.42. The van der Waals surface area contributed by atoms with Crippen molar-refractivity contribution in [3.05, 3.63) is 44.8 Å². The molecule has 1 aliphatic carbocycles. The summed E-state index contributed by atoms with van der Waals surface area (Å²) in [7, 11) is -6.04. The van der Waals surface area contributed by atoms with E-state index in [1.807, 2.05) is 19.9 Å². The second kappa shape index (κ2) is 8.43. The Hall–Kier alpha value is -1.96. The molecule has 4 rings (SSSR count). The molecule has 2 atom stereocenters. The third-order valence-electron chi connectivity index (χ3n) is 5.45. The van der Waals surface area contributed by atoms with Gasteiger partial charge in [0.15, 0.2) is 10.1 Å². The van der Waals surface area contributed by atoms with Crippen molar-refractivity contribution < 1.29 is 26.4 Å². The number of hydrogen-bond acceptors (Lipinski definition) is 9. The second-order valence-corrected chi connectivity index (χ2v) is 12.7. The summed E-state index contributed by atoms with van der Waals surface area (Å²) >= 11 is 1.03. The molecule has 0 spiro atoms. The van der Waals surface area contributed by atoms with Gasteiger partial charge in [0.05, 0.1) is 17.1 Å². The van der Waals surface area contributed by atoms with E-state index in [1.165, 1.54) is 11.4 Å². The van der Waals surface area contributed by atoms with Gasteiger partial charge in [0, 0.05) is 18.8 Å². The van der Waals surface area contributed by atoms with E-state index >= 15 is 0 Å². The minimum Gasteiger partial charge on any atom is -0.508 e. The first-order chi connectivity index (χ1) is 15.0. The molecular weight excluding hydrogens is 476 g/mol. The summed E-state index contributed by atoms with van der Waals surface area (Å²) < 4.78 is 59.2. The Morgan fingerprint density at radius 1 is 1.41 bits per heavy atom. The van der Waals surface area contributed by atoms with Gasteiger partial charge < -0.3 is 14.8 Å². The molecule has 1 unspecified atom stereocenters. The highest BCUT2D eigenvalue weighted by atomic mass is 32.3. The van der Waals surface area contributed by atoms with Crippen LogP contribution in [0.25, 0.3) is 0 Å². The predicted molar refractivity (Wildman–Crippen MR) is 123 cm³/mol. The predicted octanol–water partition coefficient (Wildman–Crippen LogP) is 2.07. The molecule has 0 bridgehead atoms. The molecule has 3 N–H and O–H groups in total. The summed E-state index contributed by atoms with van der Waals surface area (Å²) in [6.07, 6.45) is 2.19. The van der Waals surface area contributed by atoms with Gasteiger partial charge in [-0.3, -0.25) is 9.71 Å². The standard InChI is InChI=1S/C19H26N4O6S3/c1-4-13(16-8-5-11(2)29-16)21-18-15(10-31(25,26)22-18)20-14-9-30-19(17(14)24)32(27,28)23(3)12-6-7-12/h5,8,10,12-14,20,24H,4,6-7,9H2,1-3H3,(H,21,22)/t13-,14?/m1/s1. The van der Waals surface area contributed by atoms with Gasteiger partial charge in [-0.15, -0.1) is 11.8 Å². The van der Waals surface area contributed by atoms with E-state index in [0.717, 1.165) is 35.8 Å². The van der Waals surface area contributed by atoms with Crippen LogP contribution in [-0.2, 0) is 20.0 Å². The quantitative estimate of drug-likeness (QED) is 0.491. The Bertz CT molecular complexity index is 1210. The summed E-state index contributed by atoms with van der Waals surface area (Å²) in [4.78, 5) is 4.52. The van der Waals surface area contributed by atoms with Crippen LogP contribution in [-0.4, -0.2) is 57.0 Å². The first kappa shape index (κ1) is 23.2. The van der Waals surface area contributed by atoms with Crippen LogP contribution in [0.5, 0.6) is 0 Å². The maximum atomic E-state index is 12.8. The number of furan rings is 1. The molecule has 0 aromatic carbocycles. The number of thioether (sulfide) groups is 1. The third kappa shape index (κ3) is 4.56. The van der Waals surface area contributed by atoms with Gasteiger partial charge in [-0.1, -0.05) is 6.92 Å². The molecule has 1 aromatic heterocycles. The Morgan fingerprint density at radius 3 is 2.72 bits per heavy atom. The number of sulfonamides is 2. The van der Waals surface area contributed by atoms with E-state index in [0.29, 0.717) is 12.2 Å². The summed E-state index contributed by atoms with van der Waals surface area (Å²) in [5.74, 6) is 1.34. The van der Waals surface area contributed by atoms with Crippen molar-refractivity contribution >= 4 is 37.6 Å². The van der Waals surface area contributed by atoms with Crippen LogP contribution < -0.4 is 10.0 Å². The van der Waals surface area contributed by atoms with E-state index in [-0.39, 0.29) is 33.3 Å². The number of hydrogen-bond donors (Lipinski definition) is 3. The highest BCUT2D eigenvalue weighted by Crippen LogP contribution is 2.39. The van der Waals surface area contributed by atoms with Crippen LogP contribution in [0.1, 0.15) is 43.7 Å². The van der Waals surface area contributed by atoms with Crippen molar-refractivity contribution in [3.8, 4) is 0 Å². The number of nitrogens with zero attached hydrogens (tertiary/aromatic N) is 2. The van der Waals surface area contributed by atoms with Gasteiger partial charge in [0.25, 0.3) is 20.0 Å². The SMILES string of the molecule is CC[C@@H](N=C1NS(=O)(=O)C=C1NC1CSC(S(=O)(=O)N(C)C2CC2)=C1O)c1ccc(C)o1. The molecule has 0 amide bonds. The van der Waals surface area contributed by atoms with Gasteiger partial charge in [0.2, 0.25) is 0 Å². The fraction of sp³-hybridized carbons (Fsp3) is 0.526. The van der Waals surface area contributed by atoms with E-state index in [1.54, 1.807) is 6.07 Å². The second-order valence-electron chi connectivity index (χ2n) is 7.96.